The van der Waals surface area contributed by atoms with Crippen molar-refractivity contribution in [2.45, 2.75) is 31.2 Å². The zero-order valence-corrected chi connectivity index (χ0v) is 17.0. The summed E-state index contributed by atoms with van der Waals surface area (Å²) in [5, 5.41) is 3.11. The number of methoxy groups -OCH3 is 1. The number of hydrogen-bond donors (Lipinski definition) is 0. The number of rotatable bonds is 6. The molecule has 0 aliphatic heterocycles. The van der Waals surface area contributed by atoms with E-state index in [9.17, 15) is 0 Å². The number of nitrogens with zero attached hydrogens (tertiary/aromatic N) is 2. The molecular weight excluding hydrogens is 375 g/mol. The minimum atomic E-state index is 0. The highest BCUT2D eigenvalue weighted by Gasteiger charge is 2.15. The lowest BCUT2D eigenvalue weighted by Gasteiger charge is -2.10. The minimum Gasteiger partial charge on any atom is -0.383 e. The third kappa shape index (κ3) is 4.32. The molecule has 0 aliphatic carbocycles. The van der Waals surface area contributed by atoms with Crippen LogP contribution < -0.4 is 0 Å². The average molecular weight is 397 g/mol. The number of pyridine rings is 1. The third-order valence-electron chi connectivity index (χ3n) is 4.32. The molecule has 2 aromatic heterocycles. The van der Waals surface area contributed by atoms with Crippen molar-refractivity contribution >= 4 is 46.7 Å². The summed E-state index contributed by atoms with van der Waals surface area (Å²) in [7, 11) is 1.74. The molecule has 0 radical (unpaired) electrons. The summed E-state index contributed by atoms with van der Waals surface area (Å²) in [6.45, 7) is 5.88. The van der Waals surface area contributed by atoms with Crippen molar-refractivity contribution in [3.63, 3.8) is 0 Å². The van der Waals surface area contributed by atoms with Crippen LogP contribution in [0.2, 0.25) is 5.02 Å². The fourth-order valence-electron chi connectivity index (χ4n) is 2.86. The van der Waals surface area contributed by atoms with Gasteiger partial charge in [-0.15, -0.1) is 12.4 Å². The first-order chi connectivity index (χ1) is 11.6. The second kappa shape index (κ2) is 8.95. The lowest BCUT2D eigenvalue weighted by molar-refractivity contribution is 0.188. The van der Waals surface area contributed by atoms with Crippen LogP contribution in [0.4, 0.5) is 0 Å². The van der Waals surface area contributed by atoms with Crippen molar-refractivity contribution < 1.29 is 4.74 Å². The molecule has 1 aromatic carbocycles. The van der Waals surface area contributed by atoms with E-state index in [-0.39, 0.29) is 12.4 Å². The Morgan fingerprint density at radius 1 is 1.16 bits per heavy atom. The van der Waals surface area contributed by atoms with Crippen LogP contribution in [0.3, 0.4) is 0 Å². The Bertz CT molecular complexity index is 847. The van der Waals surface area contributed by atoms with Crippen LogP contribution in [0.25, 0.3) is 10.9 Å². The average Bonchev–Trinajstić information content (AvgIpc) is 2.84. The molecule has 25 heavy (non-hydrogen) atoms. The summed E-state index contributed by atoms with van der Waals surface area (Å²) in [5.41, 5.74) is 5.05. The Labute approximate surface area is 164 Å². The summed E-state index contributed by atoms with van der Waals surface area (Å²) in [4.78, 5) is 4.64. The second-order valence-electron chi connectivity index (χ2n) is 5.78. The Kier molecular flexibility index (Phi) is 7.20. The molecule has 0 saturated heterocycles. The van der Waals surface area contributed by atoms with Crippen LogP contribution >= 0.6 is 35.8 Å². The van der Waals surface area contributed by atoms with Crippen molar-refractivity contribution in [3.8, 4) is 0 Å². The van der Waals surface area contributed by atoms with Crippen LogP contribution in [-0.2, 0) is 17.0 Å². The first-order valence-electron chi connectivity index (χ1n) is 7.92. The molecule has 0 bridgehead atoms. The first-order valence-corrected chi connectivity index (χ1v) is 9.28. The number of thioether (sulfide) groups is 1. The molecule has 0 saturated carbocycles. The van der Waals surface area contributed by atoms with E-state index in [2.05, 4.69) is 41.6 Å². The van der Waals surface area contributed by atoms with E-state index in [1.54, 1.807) is 18.9 Å². The van der Waals surface area contributed by atoms with E-state index in [0.29, 0.717) is 6.61 Å². The van der Waals surface area contributed by atoms with Gasteiger partial charge in [-0.1, -0.05) is 35.5 Å². The predicted octanol–water partition coefficient (Wildman–Crippen LogP) is 5.67. The Hall–Kier alpha value is -1.20. The molecule has 0 amide bonds. The van der Waals surface area contributed by atoms with Crippen LogP contribution in [0.1, 0.15) is 16.8 Å². The van der Waals surface area contributed by atoms with Crippen molar-refractivity contribution in [1.29, 1.82) is 0 Å². The Morgan fingerprint density at radius 3 is 2.56 bits per heavy atom. The van der Waals surface area contributed by atoms with E-state index < -0.39 is 0 Å². The van der Waals surface area contributed by atoms with Crippen LogP contribution in [0.5, 0.6) is 0 Å². The maximum atomic E-state index is 5.96. The van der Waals surface area contributed by atoms with Gasteiger partial charge in [-0.3, -0.25) is 0 Å². The molecule has 0 spiro atoms. The van der Waals surface area contributed by atoms with E-state index >= 15 is 0 Å². The summed E-state index contributed by atoms with van der Waals surface area (Å²) >= 11 is 7.72. The van der Waals surface area contributed by atoms with Gasteiger partial charge in [0.2, 0.25) is 0 Å². The van der Waals surface area contributed by atoms with E-state index in [1.165, 1.54) is 27.7 Å². The highest BCUT2D eigenvalue weighted by Crippen LogP contribution is 2.33. The van der Waals surface area contributed by atoms with Gasteiger partial charge in [0.05, 0.1) is 12.1 Å². The summed E-state index contributed by atoms with van der Waals surface area (Å²) < 4.78 is 7.60. The number of aryl methyl sites for hydroxylation is 1. The van der Waals surface area contributed by atoms with E-state index in [0.717, 1.165) is 22.3 Å². The van der Waals surface area contributed by atoms with Gasteiger partial charge in [0.1, 0.15) is 5.03 Å². The first kappa shape index (κ1) is 20.1. The molecule has 0 atom stereocenters. The quantitative estimate of drug-likeness (QED) is 0.502. The van der Waals surface area contributed by atoms with Crippen molar-refractivity contribution in [1.82, 2.24) is 9.55 Å². The zero-order valence-electron chi connectivity index (χ0n) is 14.6. The number of benzene rings is 1. The molecule has 0 fully saturated rings. The van der Waals surface area contributed by atoms with Gasteiger partial charge in [-0.25, -0.2) is 4.98 Å². The van der Waals surface area contributed by atoms with Crippen molar-refractivity contribution in [3.05, 3.63) is 58.4 Å². The fraction of sp³-hybridized carbons (Fsp3) is 0.316. The molecule has 134 valence electrons. The van der Waals surface area contributed by atoms with Gasteiger partial charge < -0.3 is 9.30 Å². The van der Waals surface area contributed by atoms with Gasteiger partial charge in [-0.2, -0.15) is 0 Å². The molecule has 3 rings (SSSR count). The standard InChI is InChI=1S/C19H21ClN2OS.ClH/c1-13-14(2)22(10-11-23-3)18-17(13)8-9-21-19(18)24-12-15-4-6-16(20)7-5-15;/h4-9H,10-12H2,1-3H3;1H. The van der Waals surface area contributed by atoms with Gasteiger partial charge in [-0.05, 0) is 43.2 Å². The van der Waals surface area contributed by atoms with Gasteiger partial charge >= 0.3 is 0 Å². The number of aromatic nitrogens is 2. The molecule has 3 aromatic rings. The SMILES string of the molecule is COCCn1c(C)c(C)c2ccnc(SCc3ccc(Cl)cc3)c21.Cl. The largest absolute Gasteiger partial charge is 0.383 e. The predicted molar refractivity (Wildman–Crippen MR) is 109 cm³/mol. The van der Waals surface area contributed by atoms with Gasteiger partial charge in [0.15, 0.2) is 0 Å². The zero-order chi connectivity index (χ0) is 17.1. The normalized spacial score (nSPS) is 10.9. The van der Waals surface area contributed by atoms with Gasteiger partial charge in [0.25, 0.3) is 0 Å². The number of fused-ring (bicyclic) bond motifs is 1. The summed E-state index contributed by atoms with van der Waals surface area (Å²) in [5.74, 6) is 0.872. The number of hydrogen-bond acceptors (Lipinski definition) is 3. The van der Waals surface area contributed by atoms with Crippen molar-refractivity contribution in [2.24, 2.45) is 0 Å². The summed E-state index contributed by atoms with van der Waals surface area (Å²) in [6.07, 6.45) is 1.90. The second-order valence-corrected chi connectivity index (χ2v) is 7.18. The molecular formula is C19H22Cl2N2OS. The highest BCUT2D eigenvalue weighted by atomic mass is 35.5. The third-order valence-corrected chi connectivity index (χ3v) is 5.62. The lowest BCUT2D eigenvalue weighted by Crippen LogP contribution is -2.06. The number of ether oxygens (including phenoxy) is 1. The van der Waals surface area contributed by atoms with E-state index in [4.69, 9.17) is 16.3 Å². The van der Waals surface area contributed by atoms with Crippen molar-refractivity contribution in [2.75, 3.05) is 13.7 Å². The number of halogens is 2. The molecule has 0 aliphatic rings. The Morgan fingerprint density at radius 2 is 1.88 bits per heavy atom. The van der Waals surface area contributed by atoms with E-state index in [1.807, 2.05) is 18.3 Å². The molecule has 6 heteroatoms. The maximum Gasteiger partial charge on any atom is 0.121 e. The summed E-state index contributed by atoms with van der Waals surface area (Å²) in [6, 6.07) is 10.1. The maximum absolute atomic E-state index is 5.96. The monoisotopic (exact) mass is 396 g/mol. The molecule has 2 heterocycles. The van der Waals surface area contributed by atoms with Crippen LogP contribution in [0.15, 0.2) is 41.6 Å². The Balaban J connectivity index is 0.00000225. The van der Waals surface area contributed by atoms with Crippen LogP contribution in [0, 0.1) is 13.8 Å². The van der Waals surface area contributed by atoms with Crippen LogP contribution in [-0.4, -0.2) is 23.3 Å². The highest BCUT2D eigenvalue weighted by molar-refractivity contribution is 7.98. The van der Waals surface area contributed by atoms with Gasteiger partial charge in [0, 0.05) is 41.7 Å². The lowest BCUT2D eigenvalue weighted by atomic mass is 10.2. The fourth-order valence-corrected chi connectivity index (χ4v) is 3.98. The smallest absolute Gasteiger partial charge is 0.121 e. The molecule has 3 nitrogen and oxygen atoms in total. The minimum absolute atomic E-state index is 0. The molecule has 0 N–H and O–H groups in total. The topological polar surface area (TPSA) is 27.1 Å². The molecule has 0 unspecified atom stereocenters.